The van der Waals surface area contributed by atoms with Crippen molar-refractivity contribution in [2.75, 3.05) is 13.2 Å². The van der Waals surface area contributed by atoms with Gasteiger partial charge in [-0.15, -0.1) is 0 Å². The van der Waals surface area contributed by atoms with Gasteiger partial charge in [0.2, 0.25) is 5.91 Å². The second-order valence-corrected chi connectivity index (χ2v) is 20.3. The number of aliphatic hydroxyl groups excluding tert-OH is 2. The van der Waals surface area contributed by atoms with Crippen LogP contribution in [0.1, 0.15) is 328 Å². The average Bonchev–Trinajstić information content (AvgIpc) is 3.31. The number of allylic oxidation sites excluding steroid dienone is 1. The number of carbonyl (C=O) groups excluding carboxylic acids is 2. The molecule has 0 aliphatic rings. The van der Waals surface area contributed by atoms with Crippen LogP contribution < -0.4 is 5.32 Å². The van der Waals surface area contributed by atoms with Gasteiger partial charge >= 0.3 is 5.97 Å². The first-order valence-corrected chi connectivity index (χ1v) is 29.5. The highest BCUT2D eigenvalue weighted by Crippen LogP contribution is 2.18. The van der Waals surface area contributed by atoms with Crippen molar-refractivity contribution in [2.24, 2.45) is 0 Å². The SMILES string of the molecule is CCCCCCCCCCCCCCCCCCCCCCC/C=C/C(O)C(CO)NC(=O)CCCCCCCCCCCCOC(=O)CCCCCCCCCCCCCCCCC. The summed E-state index contributed by atoms with van der Waals surface area (Å²) in [5, 5.41) is 23.2. The second kappa shape index (κ2) is 55.2. The summed E-state index contributed by atoms with van der Waals surface area (Å²) >= 11 is 0. The lowest BCUT2D eigenvalue weighted by Crippen LogP contribution is -2.45. The van der Waals surface area contributed by atoms with E-state index in [1.807, 2.05) is 6.08 Å². The molecule has 0 aromatic carbocycles. The lowest BCUT2D eigenvalue weighted by Gasteiger charge is -2.20. The van der Waals surface area contributed by atoms with Crippen molar-refractivity contribution in [2.45, 2.75) is 341 Å². The molecule has 1 amide bonds. The summed E-state index contributed by atoms with van der Waals surface area (Å²) in [6.45, 7) is 4.88. The van der Waals surface area contributed by atoms with Crippen molar-refractivity contribution in [3.63, 3.8) is 0 Å². The molecular weight excluding hydrogens is 803 g/mol. The smallest absolute Gasteiger partial charge is 0.305 e. The molecule has 3 N–H and O–H groups in total. The summed E-state index contributed by atoms with van der Waals surface area (Å²) < 4.78 is 5.47. The number of amides is 1. The molecule has 0 aliphatic carbocycles. The zero-order valence-electron chi connectivity index (χ0n) is 44.0. The molecule has 6 heteroatoms. The molecule has 0 saturated heterocycles. The van der Waals surface area contributed by atoms with E-state index in [1.54, 1.807) is 6.08 Å². The summed E-state index contributed by atoms with van der Waals surface area (Å²) in [6, 6.07) is -0.644. The summed E-state index contributed by atoms with van der Waals surface area (Å²) in [5.41, 5.74) is 0. The first-order valence-electron chi connectivity index (χ1n) is 29.5. The number of unbranched alkanes of at least 4 members (excludes halogenated alkanes) is 44. The number of aliphatic hydroxyl groups is 2. The minimum Gasteiger partial charge on any atom is -0.466 e. The van der Waals surface area contributed by atoms with Gasteiger partial charge in [0.1, 0.15) is 0 Å². The van der Waals surface area contributed by atoms with Gasteiger partial charge in [0.15, 0.2) is 0 Å². The number of hydrogen-bond acceptors (Lipinski definition) is 5. The van der Waals surface area contributed by atoms with Crippen molar-refractivity contribution < 1.29 is 24.5 Å². The van der Waals surface area contributed by atoms with Crippen LogP contribution in [0.2, 0.25) is 0 Å². The molecule has 2 atom stereocenters. The fourth-order valence-electron chi connectivity index (χ4n) is 9.28. The number of carbonyl (C=O) groups is 2. The topological polar surface area (TPSA) is 95.9 Å². The Morgan fingerprint density at radius 3 is 1.05 bits per heavy atom. The van der Waals surface area contributed by atoms with E-state index in [0.717, 1.165) is 57.8 Å². The lowest BCUT2D eigenvalue weighted by molar-refractivity contribution is -0.143. The number of rotatable bonds is 55. The van der Waals surface area contributed by atoms with Crippen LogP contribution in [-0.4, -0.2) is 47.4 Å². The van der Waals surface area contributed by atoms with Crippen LogP contribution in [0.15, 0.2) is 12.2 Å². The molecule has 0 rings (SSSR count). The van der Waals surface area contributed by atoms with E-state index >= 15 is 0 Å². The molecule has 2 unspecified atom stereocenters. The number of esters is 1. The van der Waals surface area contributed by atoms with Crippen molar-refractivity contribution in [1.29, 1.82) is 0 Å². The van der Waals surface area contributed by atoms with E-state index in [-0.39, 0.29) is 18.5 Å². The van der Waals surface area contributed by atoms with E-state index in [2.05, 4.69) is 19.2 Å². The average molecular weight is 919 g/mol. The van der Waals surface area contributed by atoms with E-state index in [1.165, 1.54) is 244 Å². The number of ether oxygens (including phenoxy) is 1. The molecule has 386 valence electrons. The first-order chi connectivity index (χ1) is 32.0. The largest absolute Gasteiger partial charge is 0.466 e. The Labute approximate surface area is 406 Å². The Hall–Kier alpha value is -1.40. The maximum atomic E-state index is 12.5. The maximum Gasteiger partial charge on any atom is 0.305 e. The molecule has 0 fully saturated rings. The van der Waals surface area contributed by atoms with Crippen molar-refractivity contribution in [3.05, 3.63) is 12.2 Å². The molecule has 0 bridgehead atoms. The molecule has 0 spiro atoms. The summed E-state index contributed by atoms with van der Waals surface area (Å²) in [5.74, 6) is -0.103. The third kappa shape index (κ3) is 51.8. The van der Waals surface area contributed by atoms with Crippen LogP contribution in [0.25, 0.3) is 0 Å². The van der Waals surface area contributed by atoms with Gasteiger partial charge in [-0.2, -0.15) is 0 Å². The fraction of sp³-hybridized carbons (Fsp3) is 0.932. The van der Waals surface area contributed by atoms with Crippen molar-refractivity contribution in [1.82, 2.24) is 5.32 Å². The van der Waals surface area contributed by atoms with Crippen LogP contribution in [0.3, 0.4) is 0 Å². The Kier molecular flexibility index (Phi) is 54.0. The van der Waals surface area contributed by atoms with Gasteiger partial charge in [-0.1, -0.05) is 296 Å². The third-order valence-electron chi connectivity index (χ3n) is 13.8. The monoisotopic (exact) mass is 918 g/mol. The molecule has 65 heavy (non-hydrogen) atoms. The highest BCUT2D eigenvalue weighted by molar-refractivity contribution is 5.76. The Morgan fingerprint density at radius 1 is 0.415 bits per heavy atom. The Bertz CT molecular complexity index is 970. The summed E-state index contributed by atoms with van der Waals surface area (Å²) in [4.78, 5) is 24.5. The van der Waals surface area contributed by atoms with E-state index in [9.17, 15) is 19.8 Å². The second-order valence-electron chi connectivity index (χ2n) is 20.3. The predicted octanol–water partition coefficient (Wildman–Crippen LogP) is 18.1. The molecule has 0 aliphatic heterocycles. The predicted molar refractivity (Wildman–Crippen MR) is 283 cm³/mol. The van der Waals surface area contributed by atoms with Gasteiger partial charge in [-0.25, -0.2) is 0 Å². The quantitative estimate of drug-likeness (QED) is 0.0321. The van der Waals surface area contributed by atoms with E-state index in [4.69, 9.17) is 4.74 Å². The van der Waals surface area contributed by atoms with Gasteiger partial charge in [0.25, 0.3) is 0 Å². The van der Waals surface area contributed by atoms with Gasteiger partial charge in [0, 0.05) is 12.8 Å². The molecule has 6 nitrogen and oxygen atoms in total. The van der Waals surface area contributed by atoms with E-state index in [0.29, 0.717) is 19.4 Å². The van der Waals surface area contributed by atoms with Gasteiger partial charge < -0.3 is 20.3 Å². The third-order valence-corrected chi connectivity index (χ3v) is 13.8. The normalized spacial score (nSPS) is 12.6. The molecule has 0 aromatic heterocycles. The standard InChI is InChI=1S/C59H115NO5/c1-3-5-7-9-11-13-15-17-19-20-21-22-23-24-25-26-28-29-31-35-39-43-47-51-57(62)56(55-61)60-58(63)52-48-44-40-36-33-34-38-42-46-50-54-65-59(64)53-49-45-41-37-32-30-27-18-16-14-12-10-8-6-4-2/h47,51,56-57,61-62H,3-46,48-50,52-55H2,1-2H3,(H,60,63)/b51-47+. The van der Waals surface area contributed by atoms with Crippen LogP contribution in [0.4, 0.5) is 0 Å². The highest BCUT2D eigenvalue weighted by Gasteiger charge is 2.18. The van der Waals surface area contributed by atoms with Gasteiger partial charge in [-0.3, -0.25) is 9.59 Å². The molecular formula is C59H115NO5. The van der Waals surface area contributed by atoms with Crippen LogP contribution in [0.5, 0.6) is 0 Å². The lowest BCUT2D eigenvalue weighted by atomic mass is 10.0. The Balaban J connectivity index is 3.49. The first kappa shape index (κ1) is 63.6. The number of nitrogens with one attached hydrogen (secondary N) is 1. The molecule has 0 radical (unpaired) electrons. The van der Waals surface area contributed by atoms with Gasteiger partial charge in [0.05, 0.1) is 25.4 Å². The highest BCUT2D eigenvalue weighted by atomic mass is 16.5. The minimum absolute atomic E-state index is 0.0169. The molecule has 0 heterocycles. The zero-order valence-corrected chi connectivity index (χ0v) is 44.0. The van der Waals surface area contributed by atoms with E-state index < -0.39 is 12.1 Å². The van der Waals surface area contributed by atoms with Crippen molar-refractivity contribution >= 4 is 11.9 Å². The van der Waals surface area contributed by atoms with Crippen LogP contribution in [-0.2, 0) is 14.3 Å². The minimum atomic E-state index is -0.859. The Morgan fingerprint density at radius 2 is 0.708 bits per heavy atom. The van der Waals surface area contributed by atoms with Crippen molar-refractivity contribution in [3.8, 4) is 0 Å². The fourth-order valence-corrected chi connectivity index (χ4v) is 9.28. The van der Waals surface area contributed by atoms with Gasteiger partial charge in [-0.05, 0) is 32.1 Å². The number of hydrogen-bond donors (Lipinski definition) is 3. The van der Waals surface area contributed by atoms with Crippen LogP contribution >= 0.6 is 0 Å². The molecule has 0 aromatic rings. The van der Waals surface area contributed by atoms with Crippen LogP contribution in [0, 0.1) is 0 Å². The molecule has 0 saturated carbocycles. The summed E-state index contributed by atoms with van der Waals surface area (Å²) in [6.07, 6.45) is 65.2. The zero-order chi connectivity index (χ0) is 47.2. The summed E-state index contributed by atoms with van der Waals surface area (Å²) in [7, 11) is 0. The maximum absolute atomic E-state index is 12.5.